The smallest absolute Gasteiger partial charge is 0.264 e. The molecule has 0 aliphatic rings. The van der Waals surface area contributed by atoms with Gasteiger partial charge in [-0.1, -0.05) is 29.8 Å². The Morgan fingerprint density at radius 3 is 2.76 bits per heavy atom. The van der Waals surface area contributed by atoms with Gasteiger partial charge in [-0.2, -0.15) is 4.98 Å². The molecular formula is C13H16N2O2. The summed E-state index contributed by atoms with van der Waals surface area (Å²) in [5.74, 6) is 2.08. The minimum Gasteiger partial charge on any atom is -0.483 e. The molecule has 90 valence electrons. The molecule has 1 aromatic carbocycles. The third-order valence-electron chi connectivity index (χ3n) is 2.51. The van der Waals surface area contributed by atoms with Crippen molar-refractivity contribution in [3.63, 3.8) is 0 Å². The molecule has 17 heavy (non-hydrogen) atoms. The first-order valence-corrected chi connectivity index (χ1v) is 5.70. The van der Waals surface area contributed by atoms with Crippen LogP contribution in [0.25, 0.3) is 0 Å². The molecule has 1 heterocycles. The third kappa shape index (κ3) is 2.84. The molecule has 0 amide bonds. The minimum absolute atomic E-state index is 0.316. The van der Waals surface area contributed by atoms with Gasteiger partial charge >= 0.3 is 0 Å². The lowest BCUT2D eigenvalue weighted by atomic mass is 10.1. The zero-order chi connectivity index (χ0) is 12.3. The fourth-order valence-electron chi connectivity index (χ4n) is 1.59. The van der Waals surface area contributed by atoms with E-state index in [9.17, 15) is 0 Å². The standard InChI is InChI=1S/C13H16N2O2/c1-4-12-14-13(17-15-12)8-16-11-6-5-9(2)7-10(11)3/h5-7H,4,8H2,1-3H3. The lowest BCUT2D eigenvalue weighted by Crippen LogP contribution is -1.97. The van der Waals surface area contributed by atoms with Crippen molar-refractivity contribution < 1.29 is 9.26 Å². The second-order valence-corrected chi connectivity index (χ2v) is 4.02. The van der Waals surface area contributed by atoms with Gasteiger partial charge in [0.25, 0.3) is 5.89 Å². The highest BCUT2D eigenvalue weighted by molar-refractivity contribution is 5.35. The van der Waals surface area contributed by atoms with Crippen molar-refractivity contribution in [1.29, 1.82) is 0 Å². The van der Waals surface area contributed by atoms with Crippen LogP contribution in [0.3, 0.4) is 0 Å². The van der Waals surface area contributed by atoms with Crippen molar-refractivity contribution in [3.8, 4) is 5.75 Å². The molecule has 2 aromatic rings. The maximum Gasteiger partial charge on any atom is 0.264 e. The quantitative estimate of drug-likeness (QED) is 0.813. The number of hydrogen-bond donors (Lipinski definition) is 0. The molecule has 1 aromatic heterocycles. The van der Waals surface area contributed by atoms with Gasteiger partial charge in [0.2, 0.25) is 0 Å². The van der Waals surface area contributed by atoms with Crippen molar-refractivity contribution in [3.05, 3.63) is 41.0 Å². The molecule has 0 aliphatic carbocycles. The molecule has 0 bridgehead atoms. The summed E-state index contributed by atoms with van der Waals surface area (Å²) in [6.07, 6.45) is 0.771. The van der Waals surface area contributed by atoms with Crippen LogP contribution >= 0.6 is 0 Å². The summed E-state index contributed by atoms with van der Waals surface area (Å²) >= 11 is 0. The van der Waals surface area contributed by atoms with Crippen LogP contribution in [0.5, 0.6) is 5.75 Å². The topological polar surface area (TPSA) is 48.2 Å². The molecular weight excluding hydrogens is 216 g/mol. The van der Waals surface area contributed by atoms with Crippen molar-refractivity contribution in [2.24, 2.45) is 0 Å². The number of aromatic nitrogens is 2. The molecule has 0 saturated heterocycles. The van der Waals surface area contributed by atoms with Crippen molar-refractivity contribution in [2.75, 3.05) is 0 Å². The molecule has 0 radical (unpaired) electrons. The Labute approximate surface area is 101 Å². The molecule has 0 unspecified atom stereocenters. The molecule has 0 aliphatic heterocycles. The number of hydrogen-bond acceptors (Lipinski definition) is 4. The van der Waals surface area contributed by atoms with Crippen LogP contribution in [0.4, 0.5) is 0 Å². The van der Waals surface area contributed by atoms with Crippen LogP contribution in [0.15, 0.2) is 22.7 Å². The summed E-state index contributed by atoms with van der Waals surface area (Å²) < 4.78 is 10.7. The summed E-state index contributed by atoms with van der Waals surface area (Å²) in [6.45, 7) is 6.38. The fraction of sp³-hybridized carbons (Fsp3) is 0.385. The summed E-state index contributed by atoms with van der Waals surface area (Å²) in [6, 6.07) is 6.07. The van der Waals surface area contributed by atoms with Crippen LogP contribution in [0.1, 0.15) is 29.8 Å². The van der Waals surface area contributed by atoms with E-state index in [0.717, 1.165) is 17.7 Å². The van der Waals surface area contributed by atoms with Crippen molar-refractivity contribution in [1.82, 2.24) is 10.1 Å². The van der Waals surface area contributed by atoms with Crippen molar-refractivity contribution in [2.45, 2.75) is 33.8 Å². The molecule has 0 fully saturated rings. The Kier molecular flexibility index (Phi) is 3.42. The van der Waals surface area contributed by atoms with Crippen LogP contribution in [0, 0.1) is 13.8 Å². The van der Waals surface area contributed by atoms with E-state index in [1.807, 2.05) is 26.0 Å². The Bertz CT molecular complexity index is 506. The normalized spacial score (nSPS) is 10.5. The number of ether oxygens (including phenoxy) is 1. The van der Waals surface area contributed by atoms with Gasteiger partial charge in [0.05, 0.1) is 0 Å². The number of rotatable bonds is 4. The Balaban J connectivity index is 2.02. The molecule has 4 nitrogen and oxygen atoms in total. The lowest BCUT2D eigenvalue weighted by Gasteiger charge is -2.07. The number of aryl methyl sites for hydroxylation is 3. The van der Waals surface area contributed by atoms with Gasteiger partial charge in [0.15, 0.2) is 12.4 Å². The van der Waals surface area contributed by atoms with E-state index >= 15 is 0 Å². The molecule has 2 rings (SSSR count). The SMILES string of the molecule is CCc1noc(COc2ccc(C)cc2C)n1. The zero-order valence-corrected chi connectivity index (χ0v) is 10.4. The predicted molar refractivity (Wildman–Crippen MR) is 63.9 cm³/mol. The van der Waals surface area contributed by atoms with E-state index in [1.165, 1.54) is 5.56 Å². The Morgan fingerprint density at radius 1 is 1.29 bits per heavy atom. The third-order valence-corrected chi connectivity index (χ3v) is 2.51. The van der Waals surface area contributed by atoms with Gasteiger partial charge in [-0.3, -0.25) is 0 Å². The Morgan fingerprint density at radius 2 is 2.12 bits per heavy atom. The number of nitrogens with zero attached hydrogens (tertiary/aromatic N) is 2. The molecule has 0 spiro atoms. The lowest BCUT2D eigenvalue weighted by molar-refractivity contribution is 0.241. The first-order valence-electron chi connectivity index (χ1n) is 5.70. The maximum atomic E-state index is 5.64. The first kappa shape index (κ1) is 11.6. The van der Waals surface area contributed by atoms with Gasteiger partial charge in [0.1, 0.15) is 5.75 Å². The van der Waals surface area contributed by atoms with E-state index < -0.39 is 0 Å². The fourth-order valence-corrected chi connectivity index (χ4v) is 1.59. The molecule has 4 heteroatoms. The highest BCUT2D eigenvalue weighted by atomic mass is 16.5. The average Bonchev–Trinajstić information content (AvgIpc) is 2.76. The minimum atomic E-state index is 0.316. The van der Waals surface area contributed by atoms with Gasteiger partial charge < -0.3 is 9.26 Å². The van der Waals surface area contributed by atoms with Gasteiger partial charge in [-0.05, 0) is 25.5 Å². The van der Waals surface area contributed by atoms with Crippen molar-refractivity contribution >= 4 is 0 Å². The van der Waals surface area contributed by atoms with Crippen LogP contribution in [0.2, 0.25) is 0 Å². The van der Waals surface area contributed by atoms with Gasteiger partial charge in [0, 0.05) is 6.42 Å². The largest absolute Gasteiger partial charge is 0.483 e. The van der Waals surface area contributed by atoms with Crippen LogP contribution in [-0.2, 0) is 13.0 Å². The van der Waals surface area contributed by atoms with Crippen LogP contribution < -0.4 is 4.74 Å². The summed E-state index contributed by atoms with van der Waals surface area (Å²) in [5.41, 5.74) is 2.33. The van der Waals surface area contributed by atoms with E-state index in [0.29, 0.717) is 18.3 Å². The molecule has 0 N–H and O–H groups in total. The summed E-state index contributed by atoms with van der Waals surface area (Å²) in [7, 11) is 0. The van der Waals surface area contributed by atoms with Crippen LogP contribution in [-0.4, -0.2) is 10.1 Å². The summed E-state index contributed by atoms with van der Waals surface area (Å²) in [5, 5.41) is 3.82. The van der Waals surface area contributed by atoms with E-state index in [-0.39, 0.29) is 0 Å². The second kappa shape index (κ2) is 4.99. The van der Waals surface area contributed by atoms with E-state index in [1.54, 1.807) is 0 Å². The molecule has 0 saturated carbocycles. The van der Waals surface area contributed by atoms with E-state index in [4.69, 9.17) is 9.26 Å². The highest BCUT2D eigenvalue weighted by Gasteiger charge is 2.06. The predicted octanol–water partition coefficient (Wildman–Crippen LogP) is 2.83. The van der Waals surface area contributed by atoms with Gasteiger partial charge in [-0.15, -0.1) is 0 Å². The van der Waals surface area contributed by atoms with Gasteiger partial charge in [-0.25, -0.2) is 0 Å². The number of benzene rings is 1. The maximum absolute atomic E-state index is 5.64. The van der Waals surface area contributed by atoms with E-state index in [2.05, 4.69) is 23.1 Å². The zero-order valence-electron chi connectivity index (χ0n) is 10.4. The Hall–Kier alpha value is -1.84. The molecule has 0 atom stereocenters. The summed E-state index contributed by atoms with van der Waals surface area (Å²) in [4.78, 5) is 4.19. The highest BCUT2D eigenvalue weighted by Crippen LogP contribution is 2.19. The second-order valence-electron chi connectivity index (χ2n) is 4.02. The monoisotopic (exact) mass is 232 g/mol. The first-order chi connectivity index (χ1) is 8.19. The average molecular weight is 232 g/mol.